The number of thiophene rings is 1. The van der Waals surface area contributed by atoms with Crippen LogP contribution < -0.4 is 5.73 Å². The summed E-state index contributed by atoms with van der Waals surface area (Å²) in [6.07, 6.45) is 1.79. The average Bonchev–Trinajstić information content (AvgIpc) is 2.65. The van der Waals surface area contributed by atoms with Crippen molar-refractivity contribution >= 4 is 28.8 Å². The molecule has 2 N–H and O–H groups in total. The van der Waals surface area contributed by atoms with E-state index in [1.807, 2.05) is 4.90 Å². The molecule has 82 valence electrons. The fourth-order valence-corrected chi connectivity index (χ4v) is 2.70. The highest BCUT2D eigenvalue weighted by Crippen LogP contribution is 2.23. The predicted molar refractivity (Wildman–Crippen MR) is 62.4 cm³/mol. The van der Waals surface area contributed by atoms with E-state index in [9.17, 15) is 4.79 Å². The van der Waals surface area contributed by atoms with E-state index >= 15 is 0 Å². The Morgan fingerprint density at radius 3 is 2.67 bits per heavy atom. The van der Waals surface area contributed by atoms with Crippen LogP contribution in [0.5, 0.6) is 0 Å². The van der Waals surface area contributed by atoms with E-state index in [1.54, 1.807) is 12.1 Å². The van der Waals surface area contributed by atoms with Crippen LogP contribution in [0.3, 0.4) is 0 Å². The van der Waals surface area contributed by atoms with Gasteiger partial charge in [-0.3, -0.25) is 4.79 Å². The summed E-state index contributed by atoms with van der Waals surface area (Å²) in [5, 5.41) is 0. The molecule has 0 bridgehead atoms. The van der Waals surface area contributed by atoms with Gasteiger partial charge in [0, 0.05) is 19.1 Å². The molecule has 0 radical (unpaired) electrons. The first kappa shape index (κ1) is 10.9. The maximum Gasteiger partial charge on any atom is 0.263 e. The molecule has 1 aromatic rings. The Kier molecular flexibility index (Phi) is 3.29. The first-order valence-electron chi connectivity index (χ1n) is 4.97. The third-order valence-electron chi connectivity index (χ3n) is 2.61. The number of hydrogen-bond donors (Lipinski definition) is 1. The van der Waals surface area contributed by atoms with E-state index in [0.29, 0.717) is 4.34 Å². The van der Waals surface area contributed by atoms with Crippen molar-refractivity contribution in [2.45, 2.75) is 18.9 Å². The number of rotatable bonds is 1. The summed E-state index contributed by atoms with van der Waals surface area (Å²) in [7, 11) is 0. The summed E-state index contributed by atoms with van der Waals surface area (Å²) in [4.78, 5) is 14.5. The lowest BCUT2D eigenvalue weighted by Crippen LogP contribution is -2.42. The number of nitrogens with two attached hydrogens (primary N) is 1. The normalized spacial score (nSPS) is 18.1. The molecule has 0 aliphatic carbocycles. The minimum atomic E-state index is 0.0822. The van der Waals surface area contributed by atoms with Crippen LogP contribution in [0.1, 0.15) is 22.5 Å². The second kappa shape index (κ2) is 4.51. The van der Waals surface area contributed by atoms with Crippen LogP contribution in [-0.4, -0.2) is 29.9 Å². The molecule has 2 rings (SSSR count). The predicted octanol–water partition coefficient (Wildman–Crippen LogP) is 1.96. The van der Waals surface area contributed by atoms with Gasteiger partial charge in [-0.05, 0) is 25.0 Å². The molecule has 0 spiro atoms. The van der Waals surface area contributed by atoms with Crippen molar-refractivity contribution in [3.63, 3.8) is 0 Å². The van der Waals surface area contributed by atoms with E-state index in [1.165, 1.54) is 11.3 Å². The van der Waals surface area contributed by atoms with Gasteiger partial charge in [0.15, 0.2) is 0 Å². The SMILES string of the molecule is NC1CCN(C(=O)c2ccc(Cl)s2)CC1. The summed E-state index contributed by atoms with van der Waals surface area (Å²) < 4.78 is 0.659. The van der Waals surface area contributed by atoms with Crippen LogP contribution in [0, 0.1) is 0 Å². The Morgan fingerprint density at radius 2 is 2.13 bits per heavy atom. The highest BCUT2D eigenvalue weighted by molar-refractivity contribution is 7.17. The summed E-state index contributed by atoms with van der Waals surface area (Å²) >= 11 is 7.13. The Morgan fingerprint density at radius 1 is 1.47 bits per heavy atom. The molecule has 1 aromatic heterocycles. The number of carbonyl (C=O) groups is 1. The number of piperidine rings is 1. The molecular formula is C10H13ClN2OS. The maximum atomic E-state index is 12.0. The zero-order chi connectivity index (χ0) is 10.8. The zero-order valence-corrected chi connectivity index (χ0v) is 9.85. The van der Waals surface area contributed by atoms with Crippen LogP contribution in [-0.2, 0) is 0 Å². The van der Waals surface area contributed by atoms with Crippen molar-refractivity contribution in [1.82, 2.24) is 4.90 Å². The third-order valence-corrected chi connectivity index (χ3v) is 3.83. The maximum absolute atomic E-state index is 12.0. The fraction of sp³-hybridized carbons (Fsp3) is 0.500. The van der Waals surface area contributed by atoms with Crippen molar-refractivity contribution in [3.05, 3.63) is 21.3 Å². The van der Waals surface area contributed by atoms with E-state index < -0.39 is 0 Å². The van der Waals surface area contributed by atoms with Crippen LogP contribution in [0.4, 0.5) is 0 Å². The summed E-state index contributed by atoms with van der Waals surface area (Å²) in [5.74, 6) is 0.0822. The Bertz CT molecular complexity index is 358. The monoisotopic (exact) mass is 244 g/mol. The summed E-state index contributed by atoms with van der Waals surface area (Å²) in [5.41, 5.74) is 5.78. The van der Waals surface area contributed by atoms with Gasteiger partial charge in [0.05, 0.1) is 9.21 Å². The van der Waals surface area contributed by atoms with Gasteiger partial charge >= 0.3 is 0 Å². The van der Waals surface area contributed by atoms with Crippen LogP contribution in [0.15, 0.2) is 12.1 Å². The second-order valence-corrected chi connectivity index (χ2v) is 5.45. The van der Waals surface area contributed by atoms with Crippen molar-refractivity contribution in [3.8, 4) is 0 Å². The van der Waals surface area contributed by atoms with Crippen molar-refractivity contribution < 1.29 is 4.79 Å². The Balaban J connectivity index is 2.02. The molecule has 1 fully saturated rings. The number of halogens is 1. The van der Waals surface area contributed by atoms with Gasteiger partial charge in [0.1, 0.15) is 0 Å². The van der Waals surface area contributed by atoms with E-state index in [-0.39, 0.29) is 11.9 Å². The van der Waals surface area contributed by atoms with Gasteiger partial charge in [-0.2, -0.15) is 0 Å². The van der Waals surface area contributed by atoms with Crippen LogP contribution >= 0.6 is 22.9 Å². The molecule has 0 aromatic carbocycles. The summed E-state index contributed by atoms with van der Waals surface area (Å²) in [6, 6.07) is 3.79. The molecule has 3 nitrogen and oxygen atoms in total. The first-order valence-corrected chi connectivity index (χ1v) is 6.16. The molecule has 1 saturated heterocycles. The summed E-state index contributed by atoms with van der Waals surface area (Å²) in [6.45, 7) is 1.52. The molecular weight excluding hydrogens is 232 g/mol. The van der Waals surface area contributed by atoms with Crippen molar-refractivity contribution in [1.29, 1.82) is 0 Å². The van der Waals surface area contributed by atoms with Crippen molar-refractivity contribution in [2.24, 2.45) is 5.73 Å². The van der Waals surface area contributed by atoms with Crippen molar-refractivity contribution in [2.75, 3.05) is 13.1 Å². The largest absolute Gasteiger partial charge is 0.338 e. The van der Waals surface area contributed by atoms with Crippen LogP contribution in [0.25, 0.3) is 0 Å². The third kappa shape index (κ3) is 2.51. The molecule has 0 unspecified atom stereocenters. The average molecular weight is 245 g/mol. The number of likely N-dealkylation sites (tertiary alicyclic amines) is 1. The second-order valence-electron chi connectivity index (χ2n) is 3.73. The minimum Gasteiger partial charge on any atom is -0.338 e. The van der Waals surface area contributed by atoms with E-state index in [2.05, 4.69) is 0 Å². The molecule has 0 atom stereocenters. The first-order chi connectivity index (χ1) is 7.16. The number of amides is 1. The molecule has 5 heteroatoms. The highest BCUT2D eigenvalue weighted by atomic mass is 35.5. The van der Waals surface area contributed by atoms with Gasteiger partial charge in [-0.15, -0.1) is 11.3 Å². The molecule has 15 heavy (non-hydrogen) atoms. The van der Waals surface area contributed by atoms with Crippen LogP contribution in [0.2, 0.25) is 4.34 Å². The lowest BCUT2D eigenvalue weighted by Gasteiger charge is -2.29. The molecule has 1 aliphatic rings. The smallest absolute Gasteiger partial charge is 0.263 e. The number of carbonyl (C=O) groups excluding carboxylic acids is 1. The standard InChI is InChI=1S/C10H13ClN2OS/c11-9-2-1-8(15-9)10(14)13-5-3-7(12)4-6-13/h1-2,7H,3-6,12H2. The van der Waals surface area contributed by atoms with Gasteiger partial charge in [0.25, 0.3) is 5.91 Å². The quantitative estimate of drug-likeness (QED) is 0.821. The Labute approximate surface area is 97.8 Å². The highest BCUT2D eigenvalue weighted by Gasteiger charge is 2.22. The lowest BCUT2D eigenvalue weighted by atomic mass is 10.1. The van der Waals surface area contributed by atoms with E-state index in [0.717, 1.165) is 30.8 Å². The minimum absolute atomic E-state index is 0.0822. The van der Waals surface area contributed by atoms with Gasteiger partial charge in [0.2, 0.25) is 0 Å². The zero-order valence-electron chi connectivity index (χ0n) is 8.28. The molecule has 1 aliphatic heterocycles. The molecule has 2 heterocycles. The number of nitrogens with zero attached hydrogens (tertiary/aromatic N) is 1. The van der Waals surface area contributed by atoms with Gasteiger partial charge < -0.3 is 10.6 Å². The number of hydrogen-bond acceptors (Lipinski definition) is 3. The molecule has 1 amide bonds. The van der Waals surface area contributed by atoms with Gasteiger partial charge in [-0.25, -0.2) is 0 Å². The molecule has 0 saturated carbocycles. The fourth-order valence-electron chi connectivity index (χ4n) is 1.69. The van der Waals surface area contributed by atoms with E-state index in [4.69, 9.17) is 17.3 Å². The van der Waals surface area contributed by atoms with Gasteiger partial charge in [-0.1, -0.05) is 11.6 Å². The topological polar surface area (TPSA) is 46.3 Å². The lowest BCUT2D eigenvalue weighted by molar-refractivity contribution is 0.0719. The Hall–Kier alpha value is -0.580.